The van der Waals surface area contributed by atoms with E-state index < -0.39 is 0 Å². The summed E-state index contributed by atoms with van der Waals surface area (Å²) in [7, 11) is 0. The molecule has 0 saturated carbocycles. The van der Waals surface area contributed by atoms with Crippen molar-refractivity contribution in [2.45, 2.75) is 38.1 Å². The number of hydrogen-bond donors (Lipinski definition) is 0. The standard InChI is InChI=1S/C28H30IN3/c1-21-30-27-9-5-6-10-28(27)32(21)25-15-18-31(19-16-25)20-17-26(22-7-3-2-4-8-22)23-11-13-24(29)14-12-23/h2-14,25-26H,15-20H2,1H3. The molecule has 0 bridgehead atoms. The number of aromatic nitrogens is 2. The van der Waals surface area contributed by atoms with Crippen LogP contribution >= 0.6 is 22.6 Å². The zero-order chi connectivity index (χ0) is 21.9. The molecular weight excluding hydrogens is 505 g/mol. The van der Waals surface area contributed by atoms with Crippen LogP contribution in [0.25, 0.3) is 11.0 Å². The van der Waals surface area contributed by atoms with Crippen LogP contribution in [0, 0.1) is 10.5 Å². The summed E-state index contributed by atoms with van der Waals surface area (Å²) in [6.45, 7) is 5.61. The third kappa shape index (κ3) is 4.62. The fraction of sp³-hybridized carbons (Fsp3) is 0.321. The smallest absolute Gasteiger partial charge is 0.106 e. The van der Waals surface area contributed by atoms with Gasteiger partial charge >= 0.3 is 0 Å². The van der Waals surface area contributed by atoms with Gasteiger partial charge in [0.2, 0.25) is 0 Å². The fourth-order valence-electron chi connectivity index (χ4n) is 5.24. The Hall–Kier alpha value is -2.18. The van der Waals surface area contributed by atoms with Gasteiger partial charge in [-0.2, -0.15) is 0 Å². The van der Waals surface area contributed by atoms with Gasteiger partial charge in [-0.15, -0.1) is 0 Å². The molecule has 2 heterocycles. The molecule has 1 fully saturated rings. The largest absolute Gasteiger partial charge is 0.325 e. The summed E-state index contributed by atoms with van der Waals surface area (Å²) < 4.78 is 3.77. The van der Waals surface area contributed by atoms with Crippen molar-refractivity contribution in [3.05, 3.63) is 99.4 Å². The van der Waals surface area contributed by atoms with Crippen LogP contribution in [0.5, 0.6) is 0 Å². The molecule has 5 rings (SSSR count). The number of rotatable bonds is 6. The number of fused-ring (bicyclic) bond motifs is 1. The van der Waals surface area contributed by atoms with Crippen molar-refractivity contribution in [3.63, 3.8) is 0 Å². The van der Waals surface area contributed by atoms with Crippen molar-refractivity contribution in [3.8, 4) is 0 Å². The second-order valence-corrected chi connectivity index (χ2v) is 10.1. The Balaban J connectivity index is 1.26. The first kappa shape index (κ1) is 21.7. The van der Waals surface area contributed by atoms with Gasteiger partial charge in [-0.3, -0.25) is 0 Å². The average Bonchev–Trinajstić information content (AvgIpc) is 3.17. The van der Waals surface area contributed by atoms with Crippen LogP contribution in [0.15, 0.2) is 78.9 Å². The topological polar surface area (TPSA) is 21.1 Å². The van der Waals surface area contributed by atoms with Gasteiger partial charge in [0.15, 0.2) is 0 Å². The number of nitrogens with zero attached hydrogens (tertiary/aromatic N) is 3. The lowest BCUT2D eigenvalue weighted by Crippen LogP contribution is -2.36. The Labute approximate surface area is 204 Å². The van der Waals surface area contributed by atoms with E-state index in [0.29, 0.717) is 12.0 Å². The Kier molecular flexibility index (Phi) is 6.60. The number of likely N-dealkylation sites (tertiary alicyclic amines) is 1. The van der Waals surface area contributed by atoms with Crippen LogP contribution in [-0.4, -0.2) is 34.1 Å². The van der Waals surface area contributed by atoms with Crippen LogP contribution in [-0.2, 0) is 0 Å². The summed E-state index contributed by atoms with van der Waals surface area (Å²) in [6, 6.07) is 29.2. The van der Waals surface area contributed by atoms with Crippen molar-refractivity contribution < 1.29 is 0 Å². The van der Waals surface area contributed by atoms with E-state index in [-0.39, 0.29) is 0 Å². The highest BCUT2D eigenvalue weighted by Crippen LogP contribution is 2.31. The summed E-state index contributed by atoms with van der Waals surface area (Å²) >= 11 is 2.39. The summed E-state index contributed by atoms with van der Waals surface area (Å²) in [4.78, 5) is 7.45. The monoisotopic (exact) mass is 535 g/mol. The Morgan fingerprint density at radius 3 is 2.28 bits per heavy atom. The predicted octanol–water partition coefficient (Wildman–Crippen LogP) is 6.81. The molecule has 1 aromatic heterocycles. The van der Waals surface area contributed by atoms with Gasteiger partial charge in [-0.25, -0.2) is 4.98 Å². The van der Waals surface area contributed by atoms with Crippen molar-refractivity contribution in [1.29, 1.82) is 0 Å². The zero-order valence-electron chi connectivity index (χ0n) is 18.6. The first-order chi connectivity index (χ1) is 15.7. The minimum atomic E-state index is 0.450. The molecule has 3 nitrogen and oxygen atoms in total. The van der Waals surface area contributed by atoms with Gasteiger partial charge in [0.05, 0.1) is 11.0 Å². The molecular formula is C28H30IN3. The molecule has 1 unspecified atom stereocenters. The highest BCUT2D eigenvalue weighted by atomic mass is 127. The van der Waals surface area contributed by atoms with E-state index in [1.807, 2.05) is 0 Å². The Bertz CT molecular complexity index is 1160. The van der Waals surface area contributed by atoms with Crippen molar-refractivity contribution in [1.82, 2.24) is 14.5 Å². The van der Waals surface area contributed by atoms with Gasteiger partial charge in [0, 0.05) is 28.6 Å². The molecule has 0 radical (unpaired) electrons. The number of hydrogen-bond acceptors (Lipinski definition) is 2. The number of piperidine rings is 1. The van der Waals surface area contributed by atoms with Crippen LogP contribution in [0.2, 0.25) is 0 Å². The second-order valence-electron chi connectivity index (χ2n) is 8.89. The third-order valence-electron chi connectivity index (χ3n) is 6.90. The fourth-order valence-corrected chi connectivity index (χ4v) is 5.60. The highest BCUT2D eigenvalue weighted by Gasteiger charge is 2.24. The molecule has 1 atom stereocenters. The second kappa shape index (κ2) is 9.75. The normalized spacial score (nSPS) is 16.4. The van der Waals surface area contributed by atoms with Crippen LogP contribution in [0.4, 0.5) is 0 Å². The van der Waals surface area contributed by atoms with Gasteiger partial charge in [0.1, 0.15) is 5.82 Å². The van der Waals surface area contributed by atoms with Crippen LogP contribution < -0.4 is 0 Å². The van der Waals surface area contributed by atoms with E-state index in [2.05, 4.69) is 118 Å². The highest BCUT2D eigenvalue weighted by molar-refractivity contribution is 14.1. The molecule has 4 aromatic rings. The molecule has 164 valence electrons. The maximum absolute atomic E-state index is 4.79. The van der Waals surface area contributed by atoms with E-state index in [9.17, 15) is 0 Å². The Morgan fingerprint density at radius 1 is 0.875 bits per heavy atom. The number of aryl methyl sites for hydroxylation is 1. The molecule has 0 aliphatic carbocycles. The molecule has 1 aliphatic heterocycles. The van der Waals surface area contributed by atoms with E-state index >= 15 is 0 Å². The van der Waals surface area contributed by atoms with Gasteiger partial charge < -0.3 is 9.47 Å². The number of para-hydroxylation sites is 2. The minimum absolute atomic E-state index is 0.450. The molecule has 1 aliphatic rings. The molecule has 0 N–H and O–H groups in total. The first-order valence-electron chi connectivity index (χ1n) is 11.7. The molecule has 0 amide bonds. The van der Waals surface area contributed by atoms with Gasteiger partial charge in [-0.05, 0) is 90.7 Å². The van der Waals surface area contributed by atoms with Crippen molar-refractivity contribution in [2.24, 2.45) is 0 Å². The third-order valence-corrected chi connectivity index (χ3v) is 7.62. The Morgan fingerprint density at radius 2 is 1.53 bits per heavy atom. The maximum atomic E-state index is 4.79. The van der Waals surface area contributed by atoms with Gasteiger partial charge in [-0.1, -0.05) is 54.6 Å². The van der Waals surface area contributed by atoms with Crippen molar-refractivity contribution >= 4 is 33.6 Å². The van der Waals surface area contributed by atoms with Gasteiger partial charge in [0.25, 0.3) is 0 Å². The van der Waals surface area contributed by atoms with E-state index in [1.165, 1.54) is 33.1 Å². The van der Waals surface area contributed by atoms with Crippen LogP contribution in [0.3, 0.4) is 0 Å². The first-order valence-corrected chi connectivity index (χ1v) is 12.7. The molecule has 1 saturated heterocycles. The maximum Gasteiger partial charge on any atom is 0.106 e. The number of halogens is 1. The predicted molar refractivity (Wildman–Crippen MR) is 141 cm³/mol. The SMILES string of the molecule is Cc1nc2ccccc2n1C1CCN(CCC(c2ccccc2)c2ccc(I)cc2)CC1. The number of benzene rings is 3. The lowest BCUT2D eigenvalue weighted by atomic mass is 9.88. The lowest BCUT2D eigenvalue weighted by molar-refractivity contribution is 0.183. The summed E-state index contributed by atoms with van der Waals surface area (Å²) in [5, 5.41) is 0. The van der Waals surface area contributed by atoms with E-state index in [1.54, 1.807) is 0 Å². The summed E-state index contributed by atoms with van der Waals surface area (Å²) in [6.07, 6.45) is 3.55. The summed E-state index contributed by atoms with van der Waals surface area (Å²) in [5.74, 6) is 1.60. The quantitative estimate of drug-likeness (QED) is 0.253. The zero-order valence-corrected chi connectivity index (χ0v) is 20.8. The van der Waals surface area contributed by atoms with Crippen LogP contribution in [0.1, 0.15) is 48.2 Å². The van der Waals surface area contributed by atoms with Crippen molar-refractivity contribution in [2.75, 3.05) is 19.6 Å². The minimum Gasteiger partial charge on any atom is -0.325 e. The molecule has 0 spiro atoms. The molecule has 4 heteroatoms. The summed E-state index contributed by atoms with van der Waals surface area (Å²) in [5.41, 5.74) is 5.25. The van der Waals surface area contributed by atoms with E-state index in [4.69, 9.17) is 4.98 Å². The van der Waals surface area contributed by atoms with E-state index in [0.717, 1.165) is 37.4 Å². The lowest BCUT2D eigenvalue weighted by Gasteiger charge is -2.34. The average molecular weight is 535 g/mol. The molecule has 32 heavy (non-hydrogen) atoms. The molecule has 3 aromatic carbocycles. The number of imidazole rings is 1.